The highest BCUT2D eigenvalue weighted by atomic mass is 35.5. The average molecular weight is 321 g/mol. The van der Waals surface area contributed by atoms with Crippen molar-refractivity contribution in [1.82, 2.24) is 19.4 Å². The number of rotatable bonds is 3. The maximum Gasteiger partial charge on any atom is 0.320 e. The van der Waals surface area contributed by atoms with E-state index >= 15 is 0 Å². The van der Waals surface area contributed by atoms with Crippen LogP contribution >= 0.6 is 11.6 Å². The molecule has 0 aromatic carbocycles. The van der Waals surface area contributed by atoms with Gasteiger partial charge in [-0.15, -0.1) is 0 Å². The Labute approximate surface area is 132 Å². The minimum atomic E-state index is -0.688. The van der Waals surface area contributed by atoms with Gasteiger partial charge in [-0.25, -0.2) is 9.97 Å². The summed E-state index contributed by atoms with van der Waals surface area (Å²) in [4.78, 5) is 21.8. The van der Waals surface area contributed by atoms with Gasteiger partial charge in [0.05, 0.1) is 5.39 Å². The van der Waals surface area contributed by atoms with Crippen LogP contribution in [0.1, 0.15) is 31.7 Å². The Morgan fingerprint density at radius 3 is 2.91 bits per heavy atom. The lowest BCUT2D eigenvalue weighted by molar-refractivity contribution is -0.143. The van der Waals surface area contributed by atoms with Gasteiger partial charge < -0.3 is 9.67 Å². The van der Waals surface area contributed by atoms with Gasteiger partial charge in [0, 0.05) is 18.3 Å². The Morgan fingerprint density at radius 2 is 2.14 bits per heavy atom. The van der Waals surface area contributed by atoms with Crippen LogP contribution in [0.4, 0.5) is 0 Å². The first kappa shape index (κ1) is 14.0. The summed E-state index contributed by atoms with van der Waals surface area (Å²) >= 11 is 6.08. The van der Waals surface area contributed by atoms with Crippen molar-refractivity contribution in [2.24, 2.45) is 0 Å². The van der Waals surface area contributed by atoms with E-state index in [1.807, 2.05) is 12.3 Å². The highest BCUT2D eigenvalue weighted by Gasteiger charge is 2.42. The molecule has 7 heteroatoms. The second kappa shape index (κ2) is 5.21. The molecule has 1 atom stereocenters. The topological polar surface area (TPSA) is 71.2 Å². The molecule has 3 heterocycles. The summed E-state index contributed by atoms with van der Waals surface area (Å²) in [6.45, 7) is 0.898. The standard InChI is InChI=1S/C15H17ClN4O2/c16-13-11-3-5-20(14(11)18-8-17-13)10-6-9(7-10)19-4-1-2-12(19)15(21)22/h3,5,8-10,12H,1-2,4,6-7H2,(H,21,22)/t9?,10?,12-/m0/s1. The molecule has 1 saturated carbocycles. The van der Waals surface area contributed by atoms with E-state index < -0.39 is 5.97 Å². The molecule has 2 aliphatic rings. The molecule has 22 heavy (non-hydrogen) atoms. The fourth-order valence-corrected chi connectivity index (χ4v) is 3.97. The number of likely N-dealkylation sites (tertiary alicyclic amines) is 1. The molecule has 0 unspecified atom stereocenters. The van der Waals surface area contributed by atoms with E-state index in [1.54, 1.807) is 0 Å². The van der Waals surface area contributed by atoms with E-state index in [0.29, 0.717) is 17.2 Å². The highest BCUT2D eigenvalue weighted by Crippen LogP contribution is 2.40. The summed E-state index contributed by atoms with van der Waals surface area (Å²) in [6.07, 6.45) is 7.17. The summed E-state index contributed by atoms with van der Waals surface area (Å²) in [5, 5.41) is 10.6. The van der Waals surface area contributed by atoms with Gasteiger partial charge in [0.25, 0.3) is 0 Å². The van der Waals surface area contributed by atoms with Crippen LogP contribution in [0.5, 0.6) is 0 Å². The minimum Gasteiger partial charge on any atom is -0.480 e. The molecule has 1 saturated heterocycles. The predicted octanol–water partition coefficient (Wildman–Crippen LogP) is 2.34. The fraction of sp³-hybridized carbons (Fsp3) is 0.533. The molecule has 2 aromatic heterocycles. The van der Waals surface area contributed by atoms with Crippen LogP contribution < -0.4 is 0 Å². The first-order chi connectivity index (χ1) is 10.6. The van der Waals surface area contributed by atoms with Crippen molar-refractivity contribution < 1.29 is 9.90 Å². The molecule has 4 rings (SSSR count). The number of carbonyl (C=O) groups is 1. The van der Waals surface area contributed by atoms with E-state index in [1.165, 1.54) is 6.33 Å². The number of fused-ring (bicyclic) bond motifs is 1. The maximum absolute atomic E-state index is 11.3. The normalized spacial score (nSPS) is 28.9. The van der Waals surface area contributed by atoms with Gasteiger partial charge in [0.1, 0.15) is 23.2 Å². The molecule has 2 aromatic rings. The summed E-state index contributed by atoms with van der Waals surface area (Å²) in [7, 11) is 0. The molecule has 0 amide bonds. The van der Waals surface area contributed by atoms with Crippen molar-refractivity contribution >= 4 is 28.6 Å². The van der Waals surface area contributed by atoms with Gasteiger partial charge in [-0.2, -0.15) is 0 Å². The smallest absolute Gasteiger partial charge is 0.320 e. The quantitative estimate of drug-likeness (QED) is 0.879. The van der Waals surface area contributed by atoms with Crippen molar-refractivity contribution in [2.75, 3.05) is 6.54 Å². The largest absolute Gasteiger partial charge is 0.480 e. The number of halogens is 1. The second-order valence-electron chi connectivity index (χ2n) is 6.14. The van der Waals surface area contributed by atoms with Crippen LogP contribution in [0.15, 0.2) is 18.6 Å². The molecular weight excluding hydrogens is 304 g/mol. The van der Waals surface area contributed by atoms with Crippen molar-refractivity contribution in [3.63, 3.8) is 0 Å². The fourth-order valence-electron chi connectivity index (χ4n) is 3.78. The van der Waals surface area contributed by atoms with Crippen LogP contribution in [-0.2, 0) is 4.79 Å². The summed E-state index contributed by atoms with van der Waals surface area (Å²) < 4.78 is 2.14. The van der Waals surface area contributed by atoms with E-state index in [9.17, 15) is 9.90 Å². The Morgan fingerprint density at radius 1 is 1.32 bits per heavy atom. The molecule has 0 bridgehead atoms. The Balaban J connectivity index is 1.51. The van der Waals surface area contributed by atoms with Crippen molar-refractivity contribution in [3.8, 4) is 0 Å². The molecule has 2 fully saturated rings. The van der Waals surface area contributed by atoms with Crippen LogP contribution in [0.25, 0.3) is 11.0 Å². The number of hydrogen-bond acceptors (Lipinski definition) is 4. The van der Waals surface area contributed by atoms with Crippen molar-refractivity contribution in [1.29, 1.82) is 0 Å². The molecule has 1 aliphatic carbocycles. The zero-order valence-electron chi connectivity index (χ0n) is 12.0. The Bertz CT molecular complexity index is 725. The minimum absolute atomic E-state index is 0.302. The number of aliphatic carboxylic acids is 1. The monoisotopic (exact) mass is 320 g/mol. The molecule has 0 spiro atoms. The first-order valence-electron chi connectivity index (χ1n) is 7.60. The third-order valence-corrected chi connectivity index (χ3v) is 5.29. The number of aromatic nitrogens is 3. The van der Waals surface area contributed by atoms with Crippen LogP contribution in [0, 0.1) is 0 Å². The van der Waals surface area contributed by atoms with Gasteiger partial charge in [0.2, 0.25) is 0 Å². The number of carboxylic acid groups (broad SMARTS) is 1. The predicted molar refractivity (Wildman–Crippen MR) is 82.0 cm³/mol. The SMILES string of the molecule is O=C(O)[C@@H]1CCCN1C1CC(n2ccc3c(Cl)ncnc32)C1. The average Bonchev–Trinajstić information content (AvgIpc) is 3.06. The Hall–Kier alpha value is -1.66. The van der Waals surface area contributed by atoms with Gasteiger partial charge in [-0.05, 0) is 38.3 Å². The van der Waals surface area contributed by atoms with Crippen molar-refractivity contribution in [2.45, 2.75) is 43.8 Å². The van der Waals surface area contributed by atoms with Gasteiger partial charge >= 0.3 is 5.97 Å². The zero-order valence-corrected chi connectivity index (χ0v) is 12.8. The van der Waals surface area contributed by atoms with Gasteiger partial charge in [0.15, 0.2) is 0 Å². The third kappa shape index (κ3) is 2.09. The van der Waals surface area contributed by atoms with Crippen molar-refractivity contribution in [3.05, 3.63) is 23.7 Å². The molecular formula is C15H17ClN4O2. The molecule has 0 radical (unpaired) electrons. The lowest BCUT2D eigenvalue weighted by Gasteiger charge is -2.43. The maximum atomic E-state index is 11.3. The molecule has 1 aliphatic heterocycles. The van der Waals surface area contributed by atoms with E-state index in [-0.39, 0.29) is 6.04 Å². The van der Waals surface area contributed by atoms with Gasteiger partial charge in [-0.1, -0.05) is 11.6 Å². The third-order valence-electron chi connectivity index (χ3n) is 4.99. The second-order valence-corrected chi connectivity index (χ2v) is 6.50. The molecule has 6 nitrogen and oxygen atoms in total. The number of nitrogens with zero attached hydrogens (tertiary/aromatic N) is 4. The number of hydrogen-bond donors (Lipinski definition) is 1. The van der Waals surface area contributed by atoms with E-state index in [0.717, 1.165) is 43.3 Å². The van der Waals surface area contributed by atoms with E-state index in [2.05, 4.69) is 19.4 Å². The highest BCUT2D eigenvalue weighted by molar-refractivity contribution is 6.33. The lowest BCUT2D eigenvalue weighted by Crippen LogP contribution is -2.49. The zero-order chi connectivity index (χ0) is 15.3. The summed E-state index contributed by atoms with van der Waals surface area (Å²) in [5.74, 6) is -0.688. The van der Waals surface area contributed by atoms with Crippen LogP contribution in [0.2, 0.25) is 5.15 Å². The van der Waals surface area contributed by atoms with E-state index in [4.69, 9.17) is 11.6 Å². The van der Waals surface area contributed by atoms with Gasteiger partial charge in [-0.3, -0.25) is 9.69 Å². The molecule has 116 valence electrons. The lowest BCUT2D eigenvalue weighted by atomic mass is 9.85. The summed E-state index contributed by atoms with van der Waals surface area (Å²) in [6, 6.07) is 2.37. The Kier molecular flexibility index (Phi) is 3.31. The molecule has 1 N–H and O–H groups in total. The number of carboxylic acids is 1. The first-order valence-corrected chi connectivity index (χ1v) is 7.98. The van der Waals surface area contributed by atoms with Crippen LogP contribution in [-0.4, -0.2) is 49.1 Å². The van der Waals surface area contributed by atoms with Crippen LogP contribution in [0.3, 0.4) is 0 Å². The summed E-state index contributed by atoms with van der Waals surface area (Å²) in [5.41, 5.74) is 0.861.